The molecule has 22 heavy (non-hydrogen) atoms. The fourth-order valence-corrected chi connectivity index (χ4v) is 2.55. The Hall–Kier alpha value is -2.60. The van der Waals surface area contributed by atoms with Crippen molar-refractivity contribution in [2.75, 3.05) is 12.8 Å². The van der Waals surface area contributed by atoms with E-state index in [0.717, 1.165) is 0 Å². The van der Waals surface area contributed by atoms with E-state index in [1.54, 1.807) is 29.1 Å². The van der Waals surface area contributed by atoms with Crippen LogP contribution in [0, 0.1) is 5.82 Å². The molecule has 112 valence electrons. The number of carbonyl (C=O) groups excluding carboxylic acids is 1. The molecule has 0 fully saturated rings. The number of aromatic amines is 1. The monoisotopic (exact) mass is 320 g/mol. The number of hydrogen-bond donors (Lipinski definition) is 2. The van der Waals surface area contributed by atoms with Gasteiger partial charge in [0.25, 0.3) is 5.69 Å². The highest BCUT2D eigenvalue weighted by Crippen LogP contribution is 2.34. The number of halogens is 2. The second-order valence-corrected chi connectivity index (χ2v) is 5.05. The Morgan fingerprint density at radius 2 is 2.14 bits per heavy atom. The molecule has 0 unspecified atom stereocenters. The third-order valence-corrected chi connectivity index (χ3v) is 3.79. The van der Waals surface area contributed by atoms with Crippen LogP contribution in [-0.2, 0) is 4.74 Å². The molecule has 3 rings (SSSR count). The standard InChI is InChI=1S/C15H11ClFN3O2/c1-22-15(21)14-11-5-2-8(6-20(11)7-19-14)12-9(17)3-4-10(18)13(12)16/h2-7H,18H2,1H3/p+1. The van der Waals surface area contributed by atoms with E-state index in [2.05, 4.69) is 4.98 Å². The first-order valence-electron chi connectivity index (χ1n) is 6.37. The Kier molecular flexibility index (Phi) is 3.46. The molecule has 3 N–H and O–H groups in total. The second-order valence-electron chi connectivity index (χ2n) is 4.68. The number of nitrogens with two attached hydrogens (primary N) is 1. The van der Waals surface area contributed by atoms with Gasteiger partial charge in [-0.25, -0.2) is 18.6 Å². The topological polar surface area (TPSA) is 72.2 Å². The number of H-pyrrole nitrogens is 1. The molecule has 0 aliphatic heterocycles. The van der Waals surface area contributed by atoms with Crippen LogP contribution in [0.15, 0.2) is 36.8 Å². The molecule has 2 aromatic heterocycles. The van der Waals surface area contributed by atoms with Gasteiger partial charge in [0.05, 0.1) is 17.8 Å². The number of imidazole rings is 1. The predicted octanol–water partition coefficient (Wildman–Crippen LogP) is 2.58. The van der Waals surface area contributed by atoms with Gasteiger partial charge in [0.2, 0.25) is 6.33 Å². The van der Waals surface area contributed by atoms with Crippen LogP contribution >= 0.6 is 11.6 Å². The third kappa shape index (κ3) is 2.17. The summed E-state index contributed by atoms with van der Waals surface area (Å²) < 4.78 is 20.4. The maximum absolute atomic E-state index is 14.1. The quantitative estimate of drug-likeness (QED) is 0.433. The zero-order valence-electron chi connectivity index (χ0n) is 11.6. The lowest BCUT2D eigenvalue weighted by Gasteiger charge is -2.07. The summed E-state index contributed by atoms with van der Waals surface area (Å²) in [6, 6.07) is 6.03. The maximum atomic E-state index is 14.1. The van der Waals surface area contributed by atoms with Crippen molar-refractivity contribution in [1.29, 1.82) is 0 Å². The average Bonchev–Trinajstić information content (AvgIpc) is 2.94. The number of ether oxygens (including phenoxy) is 1. The normalized spacial score (nSPS) is 10.9. The molecule has 0 spiro atoms. The van der Waals surface area contributed by atoms with E-state index in [9.17, 15) is 9.18 Å². The molecular weight excluding hydrogens is 309 g/mol. The van der Waals surface area contributed by atoms with Gasteiger partial charge >= 0.3 is 5.97 Å². The zero-order chi connectivity index (χ0) is 15.9. The number of carbonyl (C=O) groups is 1. The second kappa shape index (κ2) is 5.31. The van der Waals surface area contributed by atoms with E-state index in [1.807, 2.05) is 0 Å². The van der Waals surface area contributed by atoms with Crippen LogP contribution in [0.2, 0.25) is 5.02 Å². The summed E-state index contributed by atoms with van der Waals surface area (Å²) >= 11 is 6.11. The number of aromatic nitrogens is 2. The largest absolute Gasteiger partial charge is 0.463 e. The molecular formula is C15H12ClFN3O2+. The van der Waals surface area contributed by atoms with E-state index in [-0.39, 0.29) is 10.6 Å². The van der Waals surface area contributed by atoms with E-state index >= 15 is 0 Å². The number of hydrogen-bond acceptors (Lipinski definition) is 3. The van der Waals surface area contributed by atoms with Crippen molar-refractivity contribution < 1.29 is 18.3 Å². The van der Waals surface area contributed by atoms with Crippen molar-refractivity contribution in [2.24, 2.45) is 0 Å². The Labute approximate surface area is 130 Å². The van der Waals surface area contributed by atoms with Gasteiger partial charge in [-0.05, 0) is 24.3 Å². The van der Waals surface area contributed by atoms with Crippen molar-refractivity contribution in [3.05, 3.63) is 53.3 Å². The molecule has 5 nitrogen and oxygen atoms in total. The highest BCUT2D eigenvalue weighted by atomic mass is 35.5. The van der Waals surface area contributed by atoms with Gasteiger partial charge in [-0.15, -0.1) is 0 Å². The molecule has 0 saturated carbocycles. The number of fused-ring (bicyclic) bond motifs is 1. The van der Waals surface area contributed by atoms with E-state index in [0.29, 0.717) is 22.5 Å². The summed E-state index contributed by atoms with van der Waals surface area (Å²) in [7, 11) is 1.30. The van der Waals surface area contributed by atoms with Gasteiger partial charge in [0, 0.05) is 11.1 Å². The van der Waals surface area contributed by atoms with Crippen LogP contribution in [-0.4, -0.2) is 18.1 Å². The summed E-state index contributed by atoms with van der Waals surface area (Å²) in [6.45, 7) is 0. The van der Waals surface area contributed by atoms with Crippen molar-refractivity contribution in [3.63, 3.8) is 0 Å². The molecule has 3 aromatic rings. The van der Waals surface area contributed by atoms with E-state index in [1.165, 1.54) is 19.2 Å². The summed E-state index contributed by atoms with van der Waals surface area (Å²) in [6.07, 6.45) is 3.23. The summed E-state index contributed by atoms with van der Waals surface area (Å²) in [5.41, 5.74) is 7.71. The third-order valence-electron chi connectivity index (χ3n) is 3.38. The zero-order valence-corrected chi connectivity index (χ0v) is 12.3. The van der Waals surface area contributed by atoms with E-state index < -0.39 is 11.8 Å². The number of benzene rings is 1. The Morgan fingerprint density at radius 1 is 1.36 bits per heavy atom. The first kappa shape index (κ1) is 14.3. The van der Waals surface area contributed by atoms with Crippen LogP contribution in [0.1, 0.15) is 10.5 Å². The Morgan fingerprint density at radius 3 is 2.86 bits per heavy atom. The fraction of sp³-hybridized carbons (Fsp3) is 0.0667. The van der Waals surface area contributed by atoms with Crippen molar-refractivity contribution in [2.45, 2.75) is 0 Å². The smallest absolute Gasteiger partial charge is 0.382 e. The highest BCUT2D eigenvalue weighted by molar-refractivity contribution is 6.35. The summed E-state index contributed by atoms with van der Waals surface area (Å²) in [5, 5.41) is 0.156. The van der Waals surface area contributed by atoms with Crippen molar-refractivity contribution in [3.8, 4) is 11.1 Å². The highest BCUT2D eigenvalue weighted by Gasteiger charge is 2.21. The number of pyridine rings is 1. The SMILES string of the molecule is COC(=O)c1[nH]c[n+]2cc(-c3c(F)ccc(N)c3Cl)ccc12. The van der Waals surface area contributed by atoms with Gasteiger partial charge in [-0.1, -0.05) is 11.6 Å². The summed E-state index contributed by atoms with van der Waals surface area (Å²) in [5.74, 6) is -0.953. The first-order chi connectivity index (χ1) is 10.5. The molecule has 1 aromatic carbocycles. The lowest BCUT2D eigenvalue weighted by Crippen LogP contribution is -2.18. The van der Waals surface area contributed by atoms with Gasteiger partial charge in [0.1, 0.15) is 12.0 Å². The minimum absolute atomic E-state index is 0.156. The van der Waals surface area contributed by atoms with Crippen molar-refractivity contribution in [1.82, 2.24) is 4.98 Å². The van der Waals surface area contributed by atoms with E-state index in [4.69, 9.17) is 22.1 Å². The number of anilines is 1. The molecule has 0 radical (unpaired) electrons. The lowest BCUT2D eigenvalue weighted by atomic mass is 10.1. The number of nitrogens with zero attached hydrogens (tertiary/aromatic N) is 1. The molecule has 7 heteroatoms. The average molecular weight is 321 g/mol. The van der Waals surface area contributed by atoms with Gasteiger partial charge in [-0.3, -0.25) is 0 Å². The van der Waals surface area contributed by atoms with Crippen LogP contribution in [0.4, 0.5) is 10.1 Å². The number of rotatable bonds is 2. The number of nitrogen functional groups attached to an aromatic ring is 1. The molecule has 0 amide bonds. The molecule has 0 bridgehead atoms. The van der Waals surface area contributed by atoms with Crippen LogP contribution < -0.4 is 10.1 Å². The number of esters is 1. The van der Waals surface area contributed by atoms with Gasteiger partial charge < -0.3 is 10.5 Å². The Bertz CT molecular complexity index is 892. The first-order valence-corrected chi connectivity index (χ1v) is 6.75. The number of methoxy groups -OCH3 is 1. The predicted molar refractivity (Wildman–Crippen MR) is 80.1 cm³/mol. The minimum Gasteiger partial charge on any atom is -0.463 e. The maximum Gasteiger partial charge on any atom is 0.382 e. The van der Waals surface area contributed by atoms with Crippen LogP contribution in [0.25, 0.3) is 16.6 Å². The van der Waals surface area contributed by atoms with Gasteiger partial charge in [0.15, 0.2) is 5.52 Å². The fourth-order valence-electron chi connectivity index (χ4n) is 2.29. The molecule has 0 atom stereocenters. The molecule has 0 aliphatic carbocycles. The summed E-state index contributed by atoms with van der Waals surface area (Å²) in [4.78, 5) is 14.5. The van der Waals surface area contributed by atoms with Crippen LogP contribution in [0.5, 0.6) is 0 Å². The van der Waals surface area contributed by atoms with Crippen LogP contribution in [0.3, 0.4) is 0 Å². The van der Waals surface area contributed by atoms with Gasteiger partial charge in [-0.2, -0.15) is 0 Å². The van der Waals surface area contributed by atoms with Crippen molar-refractivity contribution >= 4 is 28.8 Å². The molecule has 2 heterocycles. The number of nitrogens with one attached hydrogen (secondary N) is 1. The molecule has 0 saturated heterocycles. The lowest BCUT2D eigenvalue weighted by molar-refractivity contribution is -0.510. The minimum atomic E-state index is -0.483. The Balaban J connectivity index is 2.19. The molecule has 0 aliphatic rings.